The van der Waals surface area contributed by atoms with E-state index in [1.54, 1.807) is 0 Å². The quantitative estimate of drug-likeness (QED) is 0.787. The van der Waals surface area contributed by atoms with E-state index < -0.39 is 0 Å². The first-order chi connectivity index (χ1) is 7.20. The highest BCUT2D eigenvalue weighted by molar-refractivity contribution is 9.10. The number of nitrogens with zero attached hydrogens (tertiary/aromatic N) is 2. The zero-order valence-electron chi connectivity index (χ0n) is 7.28. The molecule has 0 spiro atoms. The van der Waals surface area contributed by atoms with Gasteiger partial charge in [0.2, 0.25) is 12.1 Å². The Balaban J connectivity index is 2.49. The second-order valence-corrected chi connectivity index (χ2v) is 3.55. The molecule has 2 aromatic rings. The summed E-state index contributed by atoms with van der Waals surface area (Å²) < 4.78 is 17.9. The van der Waals surface area contributed by atoms with Crippen molar-refractivity contribution < 1.29 is 13.7 Å². The topological polar surface area (TPSA) is 56.0 Å². The summed E-state index contributed by atoms with van der Waals surface area (Å²) in [4.78, 5) is 14.1. The van der Waals surface area contributed by atoms with Crippen LogP contribution in [-0.4, -0.2) is 16.4 Å². The summed E-state index contributed by atoms with van der Waals surface area (Å²) in [5.41, 5.74) is 0.563. The minimum atomic E-state index is -0.371. The van der Waals surface area contributed by atoms with Crippen LogP contribution >= 0.6 is 15.9 Å². The molecular weight excluding hydrogens is 267 g/mol. The molecule has 0 atom stereocenters. The normalized spacial score (nSPS) is 10.3. The van der Waals surface area contributed by atoms with Crippen molar-refractivity contribution in [1.29, 1.82) is 0 Å². The maximum absolute atomic E-state index is 12.8. The van der Waals surface area contributed by atoms with Gasteiger partial charge in [-0.2, -0.15) is 4.98 Å². The van der Waals surface area contributed by atoms with Gasteiger partial charge in [-0.1, -0.05) is 5.16 Å². The van der Waals surface area contributed by atoms with Gasteiger partial charge < -0.3 is 4.52 Å². The molecule has 0 fully saturated rings. The van der Waals surface area contributed by atoms with E-state index in [2.05, 4.69) is 30.6 Å². The number of benzene rings is 1. The third-order valence-electron chi connectivity index (χ3n) is 1.71. The van der Waals surface area contributed by atoms with Crippen LogP contribution in [0.3, 0.4) is 0 Å². The van der Waals surface area contributed by atoms with Crippen molar-refractivity contribution in [3.63, 3.8) is 0 Å². The highest BCUT2D eigenvalue weighted by atomic mass is 79.9. The van der Waals surface area contributed by atoms with E-state index in [4.69, 9.17) is 0 Å². The van der Waals surface area contributed by atoms with Crippen LogP contribution in [0.4, 0.5) is 4.39 Å². The van der Waals surface area contributed by atoms with Crippen molar-refractivity contribution >= 4 is 22.2 Å². The maximum atomic E-state index is 12.8. The third kappa shape index (κ3) is 1.94. The molecule has 2 rings (SSSR count). The second kappa shape index (κ2) is 3.90. The van der Waals surface area contributed by atoms with E-state index in [0.717, 1.165) is 0 Å². The molecule has 0 N–H and O–H groups in total. The highest BCUT2D eigenvalue weighted by Gasteiger charge is 2.11. The molecule has 0 saturated heterocycles. The summed E-state index contributed by atoms with van der Waals surface area (Å²) in [6.07, 6.45) is 0.452. The predicted octanol–water partition coefficient (Wildman–Crippen LogP) is 2.45. The Kier molecular flexibility index (Phi) is 2.59. The van der Waals surface area contributed by atoms with Crippen molar-refractivity contribution in [3.05, 3.63) is 34.4 Å². The smallest absolute Gasteiger partial charge is 0.291 e. The molecule has 1 heterocycles. The SMILES string of the molecule is O=Cc1nc(-c2ccc(F)cc2Br)no1. The number of hydrogen-bond acceptors (Lipinski definition) is 4. The van der Waals surface area contributed by atoms with Crippen LogP contribution in [-0.2, 0) is 0 Å². The molecule has 0 aliphatic carbocycles. The number of hydrogen-bond donors (Lipinski definition) is 0. The van der Waals surface area contributed by atoms with Gasteiger partial charge in [0.25, 0.3) is 5.89 Å². The molecule has 0 aliphatic heterocycles. The van der Waals surface area contributed by atoms with E-state index in [0.29, 0.717) is 16.3 Å². The average Bonchev–Trinajstić information content (AvgIpc) is 2.66. The van der Waals surface area contributed by atoms with Crippen LogP contribution in [0.25, 0.3) is 11.4 Å². The van der Waals surface area contributed by atoms with Crippen LogP contribution in [0, 0.1) is 5.82 Å². The molecule has 0 unspecified atom stereocenters. The van der Waals surface area contributed by atoms with E-state index in [1.165, 1.54) is 18.2 Å². The van der Waals surface area contributed by atoms with E-state index in [-0.39, 0.29) is 17.5 Å². The van der Waals surface area contributed by atoms with Crippen molar-refractivity contribution in [1.82, 2.24) is 10.1 Å². The molecule has 0 bridgehead atoms. The van der Waals surface area contributed by atoms with Crippen LogP contribution in [0.2, 0.25) is 0 Å². The fraction of sp³-hybridized carbons (Fsp3) is 0. The summed E-state index contributed by atoms with van der Waals surface area (Å²) in [6.45, 7) is 0. The van der Waals surface area contributed by atoms with Gasteiger partial charge in [-0.05, 0) is 34.1 Å². The van der Waals surface area contributed by atoms with E-state index in [9.17, 15) is 9.18 Å². The standard InChI is InChI=1S/C9H4BrFN2O2/c10-7-3-5(11)1-2-6(7)9-12-8(4-14)15-13-9/h1-4H. The molecular formula is C9H4BrFN2O2. The van der Waals surface area contributed by atoms with Crippen LogP contribution in [0.15, 0.2) is 27.2 Å². The van der Waals surface area contributed by atoms with Gasteiger partial charge in [0, 0.05) is 10.0 Å². The Morgan fingerprint density at radius 2 is 2.27 bits per heavy atom. The molecule has 0 saturated carbocycles. The van der Waals surface area contributed by atoms with Gasteiger partial charge in [0.15, 0.2) is 0 Å². The lowest BCUT2D eigenvalue weighted by Gasteiger charge is -1.97. The zero-order valence-corrected chi connectivity index (χ0v) is 8.86. The third-order valence-corrected chi connectivity index (χ3v) is 2.37. The largest absolute Gasteiger partial charge is 0.331 e. The summed E-state index contributed by atoms with van der Waals surface area (Å²) in [5, 5.41) is 3.58. The van der Waals surface area contributed by atoms with Gasteiger partial charge in [-0.25, -0.2) is 4.39 Å². The minimum Gasteiger partial charge on any atom is -0.331 e. The Morgan fingerprint density at radius 3 is 2.87 bits per heavy atom. The van der Waals surface area contributed by atoms with Crippen molar-refractivity contribution in [2.24, 2.45) is 0 Å². The molecule has 76 valence electrons. The van der Waals surface area contributed by atoms with Gasteiger partial charge >= 0.3 is 0 Å². The molecule has 1 aromatic carbocycles. The Bertz CT molecular complexity index is 513. The number of aromatic nitrogens is 2. The summed E-state index contributed by atoms with van der Waals surface area (Å²) in [5.74, 6) is -0.241. The minimum absolute atomic E-state index is 0.110. The lowest BCUT2D eigenvalue weighted by molar-refractivity contribution is 0.108. The van der Waals surface area contributed by atoms with E-state index >= 15 is 0 Å². The summed E-state index contributed by atoms with van der Waals surface area (Å²) >= 11 is 3.16. The van der Waals surface area contributed by atoms with Crippen molar-refractivity contribution in [3.8, 4) is 11.4 Å². The number of aldehydes is 1. The molecule has 0 aliphatic rings. The molecule has 0 amide bonds. The first-order valence-electron chi connectivity index (χ1n) is 3.95. The number of halogens is 2. The summed E-state index contributed by atoms with van der Waals surface area (Å²) in [6, 6.07) is 4.06. The molecule has 0 radical (unpaired) electrons. The number of carbonyl (C=O) groups is 1. The monoisotopic (exact) mass is 270 g/mol. The van der Waals surface area contributed by atoms with Crippen LogP contribution in [0.5, 0.6) is 0 Å². The highest BCUT2D eigenvalue weighted by Crippen LogP contribution is 2.26. The Morgan fingerprint density at radius 1 is 1.47 bits per heavy atom. The molecule has 1 aromatic heterocycles. The fourth-order valence-electron chi connectivity index (χ4n) is 1.06. The van der Waals surface area contributed by atoms with Crippen LogP contribution < -0.4 is 0 Å². The summed E-state index contributed by atoms with van der Waals surface area (Å²) in [7, 11) is 0. The van der Waals surface area contributed by atoms with Crippen molar-refractivity contribution in [2.45, 2.75) is 0 Å². The maximum Gasteiger partial charge on any atom is 0.291 e. The second-order valence-electron chi connectivity index (χ2n) is 2.70. The number of carbonyl (C=O) groups excluding carboxylic acids is 1. The Labute approximate surface area is 92.2 Å². The van der Waals surface area contributed by atoms with E-state index in [1.807, 2.05) is 0 Å². The molecule has 15 heavy (non-hydrogen) atoms. The average molecular weight is 271 g/mol. The zero-order chi connectivity index (χ0) is 10.8. The number of rotatable bonds is 2. The van der Waals surface area contributed by atoms with Crippen LogP contribution in [0.1, 0.15) is 10.7 Å². The van der Waals surface area contributed by atoms with Crippen molar-refractivity contribution in [2.75, 3.05) is 0 Å². The van der Waals surface area contributed by atoms with Gasteiger partial charge in [0.05, 0.1) is 0 Å². The fourth-order valence-corrected chi connectivity index (χ4v) is 1.59. The van der Waals surface area contributed by atoms with Gasteiger partial charge in [0.1, 0.15) is 5.82 Å². The first kappa shape index (κ1) is 9.97. The Hall–Kier alpha value is -1.56. The van der Waals surface area contributed by atoms with Gasteiger partial charge in [-0.3, -0.25) is 4.79 Å². The predicted molar refractivity (Wildman–Crippen MR) is 52.8 cm³/mol. The molecule has 6 heteroatoms. The lowest BCUT2D eigenvalue weighted by Crippen LogP contribution is -1.85. The first-order valence-corrected chi connectivity index (χ1v) is 4.74. The molecule has 4 nitrogen and oxygen atoms in total. The lowest BCUT2D eigenvalue weighted by atomic mass is 10.2. The van der Waals surface area contributed by atoms with Gasteiger partial charge in [-0.15, -0.1) is 0 Å².